The van der Waals surface area contributed by atoms with Crippen molar-refractivity contribution >= 4 is 11.8 Å². The number of rotatable bonds is 5. The molecule has 0 spiro atoms. The zero-order valence-corrected chi connectivity index (χ0v) is 15.5. The Bertz CT molecular complexity index is 852. The van der Waals surface area contributed by atoms with Crippen molar-refractivity contribution in [2.24, 2.45) is 0 Å². The lowest BCUT2D eigenvalue weighted by molar-refractivity contribution is 0.0519. The molecule has 0 amide bonds. The van der Waals surface area contributed by atoms with Gasteiger partial charge in [-0.15, -0.1) is 0 Å². The second-order valence-corrected chi connectivity index (χ2v) is 6.34. The predicted molar refractivity (Wildman–Crippen MR) is 96.4 cm³/mol. The first-order valence-electron chi connectivity index (χ1n) is 8.63. The lowest BCUT2D eigenvalue weighted by atomic mass is 9.81. The average Bonchev–Trinajstić information content (AvgIpc) is 2.98. The molecule has 3 rings (SSSR count). The number of Topliss-reactive ketones (excluding diaryl/α,β-unsaturated/α-hetero) is 1. The summed E-state index contributed by atoms with van der Waals surface area (Å²) in [5, 5.41) is 0. The maximum Gasteiger partial charge on any atom is 0.355 e. The van der Waals surface area contributed by atoms with E-state index >= 15 is 0 Å². The van der Waals surface area contributed by atoms with Crippen LogP contribution in [0.2, 0.25) is 0 Å². The molecule has 26 heavy (non-hydrogen) atoms. The molecule has 0 radical (unpaired) electrons. The van der Waals surface area contributed by atoms with Gasteiger partial charge in [-0.2, -0.15) is 0 Å². The number of carbonyl (C=O) groups is 2. The van der Waals surface area contributed by atoms with Crippen molar-refractivity contribution in [3.8, 4) is 11.5 Å². The number of carbonyl (C=O) groups excluding carboxylic acids is 2. The molecule has 0 aliphatic heterocycles. The van der Waals surface area contributed by atoms with E-state index in [2.05, 4.69) is 4.98 Å². The molecule has 6 nitrogen and oxygen atoms in total. The number of benzene rings is 1. The Morgan fingerprint density at radius 1 is 1.19 bits per heavy atom. The summed E-state index contributed by atoms with van der Waals surface area (Å²) in [4.78, 5) is 28.0. The van der Waals surface area contributed by atoms with E-state index in [0.717, 1.165) is 11.3 Å². The lowest BCUT2D eigenvalue weighted by Crippen LogP contribution is -2.18. The summed E-state index contributed by atoms with van der Waals surface area (Å²) in [6, 6.07) is 5.70. The van der Waals surface area contributed by atoms with Crippen LogP contribution in [0.3, 0.4) is 0 Å². The average molecular weight is 357 g/mol. The third-order valence-corrected chi connectivity index (χ3v) is 4.85. The fourth-order valence-corrected chi connectivity index (χ4v) is 3.58. The van der Waals surface area contributed by atoms with Crippen LogP contribution in [0.15, 0.2) is 18.2 Å². The fourth-order valence-electron chi connectivity index (χ4n) is 3.58. The van der Waals surface area contributed by atoms with Crippen molar-refractivity contribution in [1.82, 2.24) is 4.98 Å². The summed E-state index contributed by atoms with van der Waals surface area (Å²) in [5.41, 5.74) is 3.48. The molecule has 1 atom stereocenters. The molecule has 0 fully saturated rings. The number of methoxy groups -OCH3 is 2. The van der Waals surface area contributed by atoms with Gasteiger partial charge in [0.15, 0.2) is 17.3 Å². The Hall–Kier alpha value is -2.76. The van der Waals surface area contributed by atoms with Crippen LogP contribution in [-0.2, 0) is 11.2 Å². The number of fused-ring (bicyclic) bond motifs is 1. The minimum atomic E-state index is -0.421. The molecular formula is C20H23NO5. The summed E-state index contributed by atoms with van der Waals surface area (Å²) < 4.78 is 15.7. The van der Waals surface area contributed by atoms with Gasteiger partial charge in [0.2, 0.25) is 0 Å². The normalized spacial score (nSPS) is 16.2. The monoisotopic (exact) mass is 357 g/mol. The van der Waals surface area contributed by atoms with E-state index in [0.29, 0.717) is 47.8 Å². The smallest absolute Gasteiger partial charge is 0.355 e. The SMILES string of the molecule is CCOC(=O)c1[nH]c2c(c1C)C(=O)C[C@H](c1ccc(OC)c(OC)c1)C2. The molecule has 1 aromatic heterocycles. The Kier molecular flexibility index (Phi) is 5.02. The zero-order valence-electron chi connectivity index (χ0n) is 15.5. The number of ketones is 1. The molecule has 0 saturated heterocycles. The van der Waals surface area contributed by atoms with E-state index < -0.39 is 5.97 Å². The van der Waals surface area contributed by atoms with Gasteiger partial charge >= 0.3 is 5.97 Å². The molecule has 6 heteroatoms. The van der Waals surface area contributed by atoms with Gasteiger partial charge in [-0.1, -0.05) is 6.07 Å². The van der Waals surface area contributed by atoms with Gasteiger partial charge in [0.25, 0.3) is 0 Å². The van der Waals surface area contributed by atoms with Crippen molar-refractivity contribution in [2.75, 3.05) is 20.8 Å². The number of aromatic nitrogens is 1. The first kappa shape index (κ1) is 18.0. The minimum Gasteiger partial charge on any atom is -0.493 e. The van der Waals surface area contributed by atoms with Gasteiger partial charge in [0.05, 0.1) is 20.8 Å². The number of esters is 1. The van der Waals surface area contributed by atoms with Gasteiger partial charge in [0, 0.05) is 17.7 Å². The van der Waals surface area contributed by atoms with E-state index in [4.69, 9.17) is 14.2 Å². The van der Waals surface area contributed by atoms with Gasteiger partial charge in [-0.3, -0.25) is 4.79 Å². The van der Waals surface area contributed by atoms with E-state index in [1.54, 1.807) is 28.1 Å². The standard InChI is InChI=1S/C20H23NO5/c1-5-26-20(23)19-11(2)18-14(21-19)8-13(9-15(18)22)12-6-7-16(24-3)17(10-12)25-4/h6-7,10,13,21H,5,8-9H2,1-4H3/t13-/m1/s1. The third kappa shape index (κ3) is 3.07. The topological polar surface area (TPSA) is 77.6 Å². The molecular weight excluding hydrogens is 334 g/mol. The number of H-pyrrole nitrogens is 1. The number of aromatic amines is 1. The van der Waals surface area contributed by atoms with Crippen LogP contribution in [0.1, 0.15) is 56.9 Å². The maximum absolute atomic E-state index is 12.7. The lowest BCUT2D eigenvalue weighted by Gasteiger charge is -2.23. The van der Waals surface area contributed by atoms with Crippen LogP contribution in [0.4, 0.5) is 0 Å². The second kappa shape index (κ2) is 7.23. The molecule has 0 bridgehead atoms. The third-order valence-electron chi connectivity index (χ3n) is 4.85. The van der Waals surface area contributed by atoms with Crippen molar-refractivity contribution in [3.63, 3.8) is 0 Å². The summed E-state index contributed by atoms with van der Waals surface area (Å²) in [6.07, 6.45) is 1.04. The van der Waals surface area contributed by atoms with Crippen molar-refractivity contribution in [3.05, 3.63) is 46.3 Å². The first-order valence-corrected chi connectivity index (χ1v) is 8.63. The van der Waals surface area contributed by atoms with E-state index in [1.807, 2.05) is 18.2 Å². The predicted octanol–water partition coefficient (Wildman–Crippen LogP) is 3.43. The molecule has 2 aromatic rings. The van der Waals surface area contributed by atoms with Gasteiger partial charge in [-0.05, 0) is 49.4 Å². The van der Waals surface area contributed by atoms with Gasteiger partial charge in [0.1, 0.15) is 5.69 Å². The van der Waals surface area contributed by atoms with Crippen LogP contribution >= 0.6 is 0 Å². The number of hydrogen-bond donors (Lipinski definition) is 1. The molecule has 1 aromatic carbocycles. The van der Waals surface area contributed by atoms with E-state index in [-0.39, 0.29) is 11.7 Å². The molecule has 0 saturated carbocycles. The molecule has 1 aliphatic carbocycles. The Morgan fingerprint density at radius 3 is 2.58 bits per heavy atom. The second-order valence-electron chi connectivity index (χ2n) is 6.34. The number of ether oxygens (including phenoxy) is 3. The molecule has 1 N–H and O–H groups in total. The van der Waals surface area contributed by atoms with Crippen LogP contribution in [0, 0.1) is 6.92 Å². The maximum atomic E-state index is 12.7. The Balaban J connectivity index is 1.94. The van der Waals surface area contributed by atoms with Crippen LogP contribution in [0.5, 0.6) is 11.5 Å². The molecule has 1 heterocycles. The quantitative estimate of drug-likeness (QED) is 0.830. The van der Waals surface area contributed by atoms with Crippen molar-refractivity contribution < 1.29 is 23.8 Å². The van der Waals surface area contributed by atoms with Crippen LogP contribution in [0.25, 0.3) is 0 Å². The van der Waals surface area contributed by atoms with Crippen molar-refractivity contribution in [1.29, 1.82) is 0 Å². The Labute approximate surface area is 152 Å². The first-order chi connectivity index (χ1) is 12.5. The van der Waals surface area contributed by atoms with Gasteiger partial charge < -0.3 is 19.2 Å². The van der Waals surface area contributed by atoms with E-state index in [1.165, 1.54) is 0 Å². The highest BCUT2D eigenvalue weighted by Gasteiger charge is 2.32. The highest BCUT2D eigenvalue weighted by Crippen LogP contribution is 2.38. The summed E-state index contributed by atoms with van der Waals surface area (Å²) in [7, 11) is 3.18. The number of hydrogen-bond acceptors (Lipinski definition) is 5. The highest BCUT2D eigenvalue weighted by molar-refractivity contribution is 6.03. The highest BCUT2D eigenvalue weighted by atomic mass is 16.5. The number of nitrogens with one attached hydrogen (secondary N) is 1. The van der Waals surface area contributed by atoms with Crippen LogP contribution < -0.4 is 9.47 Å². The van der Waals surface area contributed by atoms with Crippen LogP contribution in [-0.4, -0.2) is 37.6 Å². The molecule has 138 valence electrons. The Morgan fingerprint density at radius 2 is 1.92 bits per heavy atom. The largest absolute Gasteiger partial charge is 0.493 e. The van der Waals surface area contributed by atoms with Crippen molar-refractivity contribution in [2.45, 2.75) is 32.6 Å². The van der Waals surface area contributed by atoms with Gasteiger partial charge in [-0.25, -0.2) is 4.79 Å². The summed E-state index contributed by atoms with van der Waals surface area (Å²) in [6.45, 7) is 3.84. The molecule has 0 unspecified atom stereocenters. The van der Waals surface area contributed by atoms with E-state index in [9.17, 15) is 9.59 Å². The minimum absolute atomic E-state index is 0.0166. The molecule has 1 aliphatic rings. The summed E-state index contributed by atoms with van der Waals surface area (Å²) in [5.74, 6) is 0.922. The summed E-state index contributed by atoms with van der Waals surface area (Å²) >= 11 is 0. The fraction of sp³-hybridized carbons (Fsp3) is 0.400. The zero-order chi connectivity index (χ0) is 18.8.